The van der Waals surface area contributed by atoms with Gasteiger partial charge in [0.25, 0.3) is 0 Å². The van der Waals surface area contributed by atoms with Crippen molar-refractivity contribution in [2.24, 2.45) is 4.99 Å². The van der Waals surface area contributed by atoms with E-state index in [1.165, 1.54) is 18.4 Å². The molecule has 258 valence electrons. The van der Waals surface area contributed by atoms with Gasteiger partial charge in [0.15, 0.2) is 27.3 Å². The molecule has 1 aliphatic heterocycles. The molecular weight excluding hydrogens is 788 g/mol. The van der Waals surface area contributed by atoms with E-state index in [4.69, 9.17) is 29.3 Å². The zero-order valence-electron chi connectivity index (χ0n) is 28.5. The number of carbonyl (C=O) groups excluding carboxylic acids is 1. The molecule has 0 unspecified atom stereocenters. The summed E-state index contributed by atoms with van der Waals surface area (Å²) < 4.78 is 21.6. The fourth-order valence-electron chi connectivity index (χ4n) is 5.55. The lowest BCUT2D eigenvalue weighted by Crippen LogP contribution is -2.27. The second-order valence-corrected chi connectivity index (χ2v) is 22.1. The maximum Gasteiger partial charge on any atom is 0.357 e. The van der Waals surface area contributed by atoms with Crippen molar-refractivity contribution in [1.82, 2.24) is 19.7 Å². The van der Waals surface area contributed by atoms with Gasteiger partial charge in [0.2, 0.25) is 0 Å². The van der Waals surface area contributed by atoms with Gasteiger partial charge in [0.1, 0.15) is 12.5 Å². The Morgan fingerprint density at radius 2 is 1.86 bits per heavy atom. The molecule has 0 aliphatic carbocycles. The van der Waals surface area contributed by atoms with Gasteiger partial charge in [0, 0.05) is 40.8 Å². The quantitative estimate of drug-likeness (QED) is 0.0506. The predicted molar refractivity (Wildman–Crippen MR) is 208 cm³/mol. The molecule has 6 rings (SSSR count). The molecule has 10 nitrogen and oxygen atoms in total. The minimum absolute atomic E-state index is 0.349. The molecule has 0 radical (unpaired) electrons. The molecule has 0 spiro atoms. The number of aromatic nitrogens is 4. The van der Waals surface area contributed by atoms with Gasteiger partial charge >= 0.3 is 5.97 Å². The van der Waals surface area contributed by atoms with Crippen LogP contribution in [0, 0.1) is 10.5 Å². The first-order valence-electron chi connectivity index (χ1n) is 16.4. The summed E-state index contributed by atoms with van der Waals surface area (Å²) in [5.74, 6) is 1.76. The van der Waals surface area contributed by atoms with Crippen molar-refractivity contribution in [3.8, 4) is 5.75 Å². The summed E-state index contributed by atoms with van der Waals surface area (Å²) in [6.45, 7) is 11.6. The number of para-hydroxylation sites is 1. The Balaban J connectivity index is 1.25. The zero-order valence-corrected chi connectivity index (χ0v) is 33.3. The van der Waals surface area contributed by atoms with Crippen molar-refractivity contribution in [3.63, 3.8) is 0 Å². The molecule has 2 aromatic carbocycles. The van der Waals surface area contributed by atoms with E-state index in [1.807, 2.05) is 36.4 Å². The monoisotopic (exact) mass is 828 g/mol. The van der Waals surface area contributed by atoms with Crippen LogP contribution in [0.25, 0.3) is 10.2 Å². The third-order valence-corrected chi connectivity index (χ3v) is 12.9. The van der Waals surface area contributed by atoms with Crippen LogP contribution in [-0.4, -0.2) is 60.7 Å². The summed E-state index contributed by atoms with van der Waals surface area (Å²) in [5, 5.41) is 10.1. The smallest absolute Gasteiger partial charge is 0.357 e. The first kappa shape index (κ1) is 35.6. The number of nitrogens with zero attached hydrogens (tertiary/aromatic N) is 6. The van der Waals surface area contributed by atoms with Crippen LogP contribution in [0.5, 0.6) is 5.75 Å². The van der Waals surface area contributed by atoms with Gasteiger partial charge in [-0.15, -0.1) is 21.5 Å². The number of halogens is 1. The van der Waals surface area contributed by atoms with Crippen molar-refractivity contribution in [2.45, 2.75) is 65.0 Å². The van der Waals surface area contributed by atoms with Crippen molar-refractivity contribution >= 4 is 86.3 Å². The number of benzene rings is 2. The molecule has 0 atom stereocenters. The number of methoxy groups -OCH3 is 1. The van der Waals surface area contributed by atoms with Gasteiger partial charge in [-0.2, -0.15) is 4.99 Å². The first-order chi connectivity index (χ1) is 23.6. The van der Waals surface area contributed by atoms with Crippen LogP contribution >= 0.6 is 45.3 Å². The van der Waals surface area contributed by atoms with Crippen LogP contribution in [0.15, 0.2) is 53.5 Å². The van der Waals surface area contributed by atoms with Crippen LogP contribution in [0.4, 0.5) is 16.8 Å². The average Bonchev–Trinajstić information content (AvgIpc) is 3.67. The van der Waals surface area contributed by atoms with Crippen molar-refractivity contribution < 1.29 is 19.0 Å². The van der Waals surface area contributed by atoms with Crippen molar-refractivity contribution in [3.05, 3.63) is 78.6 Å². The van der Waals surface area contributed by atoms with Gasteiger partial charge in [-0.1, -0.05) is 43.1 Å². The number of fused-ring (bicyclic) bond motifs is 2. The van der Waals surface area contributed by atoms with Crippen LogP contribution in [0.2, 0.25) is 25.7 Å². The molecule has 0 N–H and O–H groups in total. The Kier molecular flexibility index (Phi) is 11.5. The Bertz CT molecular complexity index is 2000. The molecule has 1 aliphatic rings. The standard InChI is InChI=1S/C35H41IN6O4S2Si/c1-23-26-10-8-18-41(34-37-30(33(43)44-2)29(48-34)13-9-19-46-25-16-14-24(36)15-17-25)32(26)40-39-31(23)38-35-42(22-45-20-21-49(3,4)5)27-11-6-7-12-28(27)47-35/h6-7,11-12,14-17H,8-10,13,18-22H2,1-5H3. The highest BCUT2D eigenvalue weighted by molar-refractivity contribution is 14.1. The van der Waals surface area contributed by atoms with E-state index in [-0.39, 0.29) is 0 Å². The van der Waals surface area contributed by atoms with Gasteiger partial charge in [-0.3, -0.25) is 4.57 Å². The normalized spacial score (nSPS) is 13.6. The lowest BCUT2D eigenvalue weighted by atomic mass is 10.0. The lowest BCUT2D eigenvalue weighted by Gasteiger charge is -2.28. The fourth-order valence-corrected chi connectivity index (χ4v) is 8.80. The molecule has 0 fully saturated rings. The minimum Gasteiger partial charge on any atom is -0.494 e. The van der Waals surface area contributed by atoms with Gasteiger partial charge in [0.05, 0.1) is 23.9 Å². The van der Waals surface area contributed by atoms with E-state index in [2.05, 4.69) is 75.9 Å². The largest absolute Gasteiger partial charge is 0.494 e. The Morgan fingerprint density at radius 1 is 1.06 bits per heavy atom. The number of rotatable bonds is 13. The maximum atomic E-state index is 12.8. The highest BCUT2D eigenvalue weighted by Crippen LogP contribution is 2.38. The molecule has 14 heteroatoms. The second kappa shape index (κ2) is 15.8. The second-order valence-electron chi connectivity index (χ2n) is 13.1. The number of carbonyl (C=O) groups is 1. The summed E-state index contributed by atoms with van der Waals surface area (Å²) in [4.78, 5) is 26.4. The SMILES string of the molecule is COC(=O)c1nc(N2CCCc3c2nnc(N=c2sc4ccccc4n2COCC[Si](C)(C)C)c3C)sc1CCCOc1ccc(I)cc1. The number of hydrogen-bond donors (Lipinski definition) is 0. The van der Waals surface area contributed by atoms with E-state index in [1.54, 1.807) is 11.3 Å². The summed E-state index contributed by atoms with van der Waals surface area (Å²) in [6.07, 6.45) is 3.16. The van der Waals surface area contributed by atoms with Crippen molar-refractivity contribution in [1.29, 1.82) is 0 Å². The van der Waals surface area contributed by atoms with E-state index < -0.39 is 14.0 Å². The zero-order chi connectivity index (χ0) is 34.5. The molecular formula is C35H41IN6O4S2Si. The van der Waals surface area contributed by atoms with Gasteiger partial charge < -0.3 is 19.1 Å². The molecule has 0 saturated heterocycles. The van der Waals surface area contributed by atoms with Crippen LogP contribution < -0.4 is 14.4 Å². The molecule has 3 aromatic heterocycles. The summed E-state index contributed by atoms with van der Waals surface area (Å²) in [5.41, 5.74) is 3.54. The topological polar surface area (TPSA) is 104 Å². The van der Waals surface area contributed by atoms with E-state index >= 15 is 0 Å². The average molecular weight is 829 g/mol. The first-order valence-corrected chi connectivity index (χ1v) is 22.8. The highest BCUT2D eigenvalue weighted by atomic mass is 127. The number of thiazole rings is 2. The number of anilines is 2. The van der Waals surface area contributed by atoms with E-state index in [0.29, 0.717) is 36.4 Å². The number of aryl methyl sites for hydroxylation is 1. The summed E-state index contributed by atoms with van der Waals surface area (Å²) in [6, 6.07) is 17.4. The molecule has 4 heterocycles. The third-order valence-electron chi connectivity index (χ3n) is 8.29. The molecule has 5 aromatic rings. The molecule has 0 amide bonds. The Morgan fingerprint density at radius 3 is 2.63 bits per heavy atom. The molecule has 49 heavy (non-hydrogen) atoms. The Hall–Kier alpha value is -3.18. The van der Waals surface area contributed by atoms with E-state index in [9.17, 15) is 4.79 Å². The maximum absolute atomic E-state index is 12.8. The fraction of sp³-hybridized carbons (Fsp3) is 0.400. The number of ether oxygens (including phenoxy) is 3. The lowest BCUT2D eigenvalue weighted by molar-refractivity contribution is 0.0593. The summed E-state index contributed by atoms with van der Waals surface area (Å²) >= 11 is 5.41. The third kappa shape index (κ3) is 8.59. The van der Waals surface area contributed by atoms with E-state index in [0.717, 1.165) is 84.6 Å². The highest BCUT2D eigenvalue weighted by Gasteiger charge is 2.28. The summed E-state index contributed by atoms with van der Waals surface area (Å²) in [7, 11) is 0.190. The van der Waals surface area contributed by atoms with Crippen molar-refractivity contribution in [2.75, 3.05) is 31.8 Å². The van der Waals surface area contributed by atoms with Crippen LogP contribution in [0.1, 0.15) is 39.3 Å². The van der Waals surface area contributed by atoms with Gasteiger partial charge in [-0.25, -0.2) is 9.78 Å². The van der Waals surface area contributed by atoms with Crippen LogP contribution in [-0.2, 0) is 29.0 Å². The Labute approximate surface area is 309 Å². The van der Waals surface area contributed by atoms with Gasteiger partial charge in [-0.05, 0) is 97.6 Å². The van der Waals surface area contributed by atoms with Crippen LogP contribution in [0.3, 0.4) is 0 Å². The minimum atomic E-state index is -1.20. The molecule has 0 bridgehead atoms. The number of esters is 1. The predicted octanol–water partition coefficient (Wildman–Crippen LogP) is 8.29. The molecule has 0 saturated carbocycles. The number of hydrogen-bond acceptors (Lipinski definition) is 11.